The highest BCUT2D eigenvalue weighted by Crippen LogP contribution is 2.19. The van der Waals surface area contributed by atoms with Crippen LogP contribution >= 0.6 is 11.3 Å². The number of nitrogens with zero attached hydrogens (tertiary/aromatic N) is 1. The van der Waals surface area contributed by atoms with Crippen LogP contribution in [0.25, 0.3) is 0 Å². The molecule has 0 aliphatic rings. The molecule has 1 aromatic carbocycles. The summed E-state index contributed by atoms with van der Waals surface area (Å²) in [7, 11) is 0. The number of rotatable bonds is 6. The summed E-state index contributed by atoms with van der Waals surface area (Å²) in [6, 6.07) is 5.42. The van der Waals surface area contributed by atoms with E-state index >= 15 is 0 Å². The van der Waals surface area contributed by atoms with Gasteiger partial charge in [-0.1, -0.05) is 32.0 Å². The molecule has 7 heteroatoms. The Morgan fingerprint density at radius 3 is 2.65 bits per heavy atom. The number of carbonyl (C=O) groups excluding carboxylic acids is 1. The summed E-state index contributed by atoms with van der Waals surface area (Å²) in [5.41, 5.74) is 0.499. The molecule has 1 heterocycles. The number of benzene rings is 1. The molecule has 5 nitrogen and oxygen atoms in total. The van der Waals surface area contributed by atoms with E-state index in [4.69, 9.17) is 5.11 Å². The molecule has 0 aliphatic heterocycles. The lowest BCUT2D eigenvalue weighted by molar-refractivity contribution is -0.140. The standard InChI is InChI=1S/C16H17FN2O3S/c1-9(2)14(16(21)22)19-15(20)12-8-18-13(23-12)7-10-5-3-4-6-11(10)17/h3-6,8-9,14H,7H2,1-2H3,(H,19,20)(H,21,22)/t14-/m1/s1. The van der Waals surface area contributed by atoms with Gasteiger partial charge in [0.15, 0.2) is 0 Å². The fraction of sp³-hybridized carbons (Fsp3) is 0.312. The summed E-state index contributed by atoms with van der Waals surface area (Å²) in [6.45, 7) is 3.44. The van der Waals surface area contributed by atoms with Gasteiger partial charge in [-0.25, -0.2) is 14.2 Å². The third-order valence-corrected chi connectivity index (χ3v) is 4.29. The van der Waals surface area contributed by atoms with Gasteiger partial charge in [0.1, 0.15) is 16.7 Å². The lowest BCUT2D eigenvalue weighted by atomic mass is 10.0. The summed E-state index contributed by atoms with van der Waals surface area (Å²) in [4.78, 5) is 27.7. The van der Waals surface area contributed by atoms with Gasteiger partial charge in [0, 0.05) is 6.42 Å². The van der Waals surface area contributed by atoms with Gasteiger partial charge in [-0.2, -0.15) is 0 Å². The highest BCUT2D eigenvalue weighted by molar-refractivity contribution is 7.13. The summed E-state index contributed by atoms with van der Waals surface area (Å²) >= 11 is 1.13. The fourth-order valence-corrected chi connectivity index (χ4v) is 2.87. The van der Waals surface area contributed by atoms with Crippen LogP contribution < -0.4 is 5.32 Å². The monoisotopic (exact) mass is 336 g/mol. The van der Waals surface area contributed by atoms with Crippen molar-refractivity contribution < 1.29 is 19.1 Å². The van der Waals surface area contributed by atoms with Gasteiger partial charge >= 0.3 is 5.97 Å². The van der Waals surface area contributed by atoms with E-state index in [0.717, 1.165) is 11.3 Å². The second-order valence-electron chi connectivity index (χ2n) is 5.42. The van der Waals surface area contributed by atoms with E-state index in [1.807, 2.05) is 0 Å². The molecule has 1 aromatic heterocycles. The Hall–Kier alpha value is -2.28. The van der Waals surface area contributed by atoms with Gasteiger partial charge in [-0.05, 0) is 17.5 Å². The number of thiazole rings is 1. The minimum atomic E-state index is -1.08. The second-order valence-corrected chi connectivity index (χ2v) is 6.54. The van der Waals surface area contributed by atoms with Crippen molar-refractivity contribution in [2.75, 3.05) is 0 Å². The molecular formula is C16H17FN2O3S. The van der Waals surface area contributed by atoms with Crippen LogP contribution in [0.15, 0.2) is 30.5 Å². The number of carbonyl (C=O) groups is 2. The van der Waals surface area contributed by atoms with Crippen LogP contribution in [0.5, 0.6) is 0 Å². The zero-order valence-corrected chi connectivity index (χ0v) is 13.6. The van der Waals surface area contributed by atoms with Gasteiger partial charge in [-0.15, -0.1) is 11.3 Å². The minimum absolute atomic E-state index is 0.234. The first-order chi connectivity index (χ1) is 10.9. The van der Waals surface area contributed by atoms with E-state index < -0.39 is 17.9 Å². The van der Waals surface area contributed by atoms with E-state index in [1.54, 1.807) is 32.0 Å². The first kappa shape index (κ1) is 17.1. The summed E-state index contributed by atoms with van der Waals surface area (Å²) in [5.74, 6) is -2.12. The van der Waals surface area contributed by atoms with Crippen LogP contribution in [0.2, 0.25) is 0 Å². The van der Waals surface area contributed by atoms with E-state index in [2.05, 4.69) is 10.3 Å². The summed E-state index contributed by atoms with van der Waals surface area (Å²) in [5, 5.41) is 12.2. The van der Waals surface area contributed by atoms with Crippen molar-refractivity contribution in [3.8, 4) is 0 Å². The fourth-order valence-electron chi connectivity index (χ4n) is 2.03. The maximum atomic E-state index is 13.6. The topological polar surface area (TPSA) is 79.3 Å². The molecule has 1 atom stereocenters. The van der Waals surface area contributed by atoms with Crippen molar-refractivity contribution in [2.45, 2.75) is 26.3 Å². The van der Waals surface area contributed by atoms with Crippen LogP contribution in [-0.4, -0.2) is 28.0 Å². The quantitative estimate of drug-likeness (QED) is 0.850. The largest absolute Gasteiger partial charge is 0.480 e. The van der Waals surface area contributed by atoms with Gasteiger partial charge in [-0.3, -0.25) is 4.79 Å². The third-order valence-electron chi connectivity index (χ3n) is 3.30. The Morgan fingerprint density at radius 1 is 1.35 bits per heavy atom. The maximum Gasteiger partial charge on any atom is 0.326 e. The number of aliphatic carboxylic acids is 1. The molecule has 2 aromatic rings. The van der Waals surface area contributed by atoms with Gasteiger partial charge in [0.2, 0.25) is 0 Å². The lowest BCUT2D eigenvalue weighted by Crippen LogP contribution is -2.44. The number of halogens is 1. The van der Waals surface area contributed by atoms with E-state index in [0.29, 0.717) is 15.4 Å². The van der Waals surface area contributed by atoms with Crippen LogP contribution in [0.3, 0.4) is 0 Å². The van der Waals surface area contributed by atoms with Gasteiger partial charge in [0.25, 0.3) is 5.91 Å². The second kappa shape index (κ2) is 7.32. The molecule has 0 aliphatic carbocycles. The van der Waals surface area contributed by atoms with Crippen molar-refractivity contribution in [3.63, 3.8) is 0 Å². The number of carboxylic acids is 1. The number of carboxylic acid groups (broad SMARTS) is 1. The van der Waals surface area contributed by atoms with Crippen LogP contribution in [0.4, 0.5) is 4.39 Å². The van der Waals surface area contributed by atoms with Crippen molar-refractivity contribution in [1.82, 2.24) is 10.3 Å². The first-order valence-corrected chi connectivity index (χ1v) is 7.92. The van der Waals surface area contributed by atoms with E-state index in [9.17, 15) is 14.0 Å². The zero-order chi connectivity index (χ0) is 17.0. The molecule has 0 fully saturated rings. The lowest BCUT2D eigenvalue weighted by Gasteiger charge is -2.17. The predicted octanol–water partition coefficient (Wildman–Crippen LogP) is 2.71. The molecule has 0 saturated heterocycles. The SMILES string of the molecule is CC(C)[C@@H](NC(=O)c1cnc(Cc2ccccc2F)s1)C(=O)O. The number of aromatic nitrogens is 1. The molecule has 1 amide bonds. The normalized spacial score (nSPS) is 12.2. The molecule has 2 rings (SSSR count). The van der Waals surface area contributed by atoms with Crippen LogP contribution in [0.1, 0.15) is 34.1 Å². The molecular weight excluding hydrogens is 319 g/mol. The van der Waals surface area contributed by atoms with E-state index in [1.165, 1.54) is 12.3 Å². The van der Waals surface area contributed by atoms with Crippen LogP contribution in [0, 0.1) is 11.7 Å². The van der Waals surface area contributed by atoms with Crippen molar-refractivity contribution >= 4 is 23.2 Å². The predicted molar refractivity (Wildman–Crippen MR) is 85.0 cm³/mol. The van der Waals surface area contributed by atoms with Gasteiger partial charge < -0.3 is 10.4 Å². The zero-order valence-electron chi connectivity index (χ0n) is 12.7. The Morgan fingerprint density at radius 2 is 2.04 bits per heavy atom. The minimum Gasteiger partial charge on any atom is -0.480 e. The summed E-state index contributed by atoms with van der Waals surface area (Å²) in [6.07, 6.45) is 1.67. The molecule has 122 valence electrons. The first-order valence-electron chi connectivity index (χ1n) is 7.10. The van der Waals surface area contributed by atoms with E-state index in [-0.39, 0.29) is 18.2 Å². The molecule has 0 unspecified atom stereocenters. The highest BCUT2D eigenvalue weighted by atomic mass is 32.1. The van der Waals surface area contributed by atoms with Crippen molar-refractivity contribution in [2.24, 2.45) is 5.92 Å². The highest BCUT2D eigenvalue weighted by Gasteiger charge is 2.24. The maximum absolute atomic E-state index is 13.6. The molecule has 0 spiro atoms. The molecule has 23 heavy (non-hydrogen) atoms. The average Bonchev–Trinajstić information content (AvgIpc) is 2.95. The number of hydrogen-bond acceptors (Lipinski definition) is 4. The Labute approximate surface area is 137 Å². The molecule has 0 bridgehead atoms. The number of hydrogen-bond donors (Lipinski definition) is 2. The Balaban J connectivity index is 2.08. The Kier molecular flexibility index (Phi) is 5.44. The number of nitrogens with one attached hydrogen (secondary N) is 1. The smallest absolute Gasteiger partial charge is 0.326 e. The van der Waals surface area contributed by atoms with Crippen molar-refractivity contribution in [1.29, 1.82) is 0 Å². The molecule has 0 saturated carbocycles. The average molecular weight is 336 g/mol. The van der Waals surface area contributed by atoms with Gasteiger partial charge in [0.05, 0.1) is 11.2 Å². The number of amides is 1. The Bertz CT molecular complexity index is 715. The van der Waals surface area contributed by atoms with Crippen molar-refractivity contribution in [3.05, 3.63) is 51.7 Å². The molecule has 0 radical (unpaired) electrons. The van der Waals surface area contributed by atoms with Crippen LogP contribution in [-0.2, 0) is 11.2 Å². The molecule has 2 N–H and O–H groups in total. The third kappa shape index (κ3) is 4.35. The summed E-state index contributed by atoms with van der Waals surface area (Å²) < 4.78 is 13.6.